The van der Waals surface area contributed by atoms with Crippen LogP contribution in [-0.2, 0) is 9.59 Å². The average Bonchev–Trinajstić information content (AvgIpc) is 3.20. The van der Waals surface area contributed by atoms with Gasteiger partial charge in [-0.05, 0) is 83.0 Å². The van der Waals surface area contributed by atoms with Crippen LogP contribution in [0.3, 0.4) is 0 Å². The third-order valence-corrected chi connectivity index (χ3v) is 7.21. The number of benzene rings is 3. The van der Waals surface area contributed by atoms with E-state index in [-0.39, 0.29) is 11.3 Å². The average molecular weight is 543 g/mol. The number of hydrogen-bond acceptors (Lipinski definition) is 6. The Labute approximate surface area is 236 Å². The monoisotopic (exact) mass is 542 g/mol. The van der Waals surface area contributed by atoms with Crippen molar-refractivity contribution in [2.45, 2.75) is 47.6 Å². The molecule has 0 saturated carbocycles. The van der Waals surface area contributed by atoms with E-state index >= 15 is 0 Å². The maximum Gasteiger partial charge on any atom is 0.300 e. The summed E-state index contributed by atoms with van der Waals surface area (Å²) < 4.78 is 11.4. The third kappa shape index (κ3) is 5.41. The molecule has 1 unspecified atom stereocenters. The maximum absolute atomic E-state index is 13.7. The van der Waals surface area contributed by atoms with Gasteiger partial charge in [0.15, 0.2) is 0 Å². The summed E-state index contributed by atoms with van der Waals surface area (Å²) in [5.41, 5.74) is 4.65. The molecule has 1 atom stereocenters. The number of carbonyl (C=O) groups is 2. The minimum absolute atomic E-state index is 0.0191. The molecule has 0 aromatic heterocycles. The zero-order chi connectivity index (χ0) is 29.0. The number of anilines is 2. The second-order valence-electron chi connectivity index (χ2n) is 9.75. The standard InChI is InChI=1S/C33H38N2O5/c1-7-34(8-2)24-14-12-23(13-15-24)30-29(31(36)26-17-16-25(39-9-3)20-28(26)40-10-4)32(37)33(38)35(30)27-18-11-21(5)19-22(27)6/h11-20,30,36H,7-10H2,1-6H3/b31-29-. The molecule has 1 aliphatic heterocycles. The molecule has 40 heavy (non-hydrogen) atoms. The Kier molecular flexibility index (Phi) is 8.83. The molecule has 0 spiro atoms. The van der Waals surface area contributed by atoms with Gasteiger partial charge in [-0.3, -0.25) is 14.5 Å². The third-order valence-electron chi connectivity index (χ3n) is 7.21. The molecular formula is C33H38N2O5. The molecule has 210 valence electrons. The van der Waals surface area contributed by atoms with Gasteiger partial charge < -0.3 is 19.5 Å². The molecular weight excluding hydrogens is 504 g/mol. The van der Waals surface area contributed by atoms with Crippen LogP contribution < -0.4 is 19.3 Å². The number of carbonyl (C=O) groups excluding carboxylic acids is 2. The highest BCUT2D eigenvalue weighted by atomic mass is 16.5. The highest BCUT2D eigenvalue weighted by Gasteiger charge is 2.47. The molecule has 7 nitrogen and oxygen atoms in total. The Morgan fingerprint density at radius 1 is 0.875 bits per heavy atom. The maximum atomic E-state index is 13.7. The highest BCUT2D eigenvalue weighted by molar-refractivity contribution is 6.51. The van der Waals surface area contributed by atoms with Crippen LogP contribution in [0, 0.1) is 13.8 Å². The summed E-state index contributed by atoms with van der Waals surface area (Å²) in [4.78, 5) is 31.1. The van der Waals surface area contributed by atoms with E-state index in [0.717, 1.165) is 35.5 Å². The van der Waals surface area contributed by atoms with Gasteiger partial charge in [-0.15, -0.1) is 0 Å². The Hall–Kier alpha value is -4.26. The Morgan fingerprint density at radius 3 is 2.15 bits per heavy atom. The number of ether oxygens (including phenoxy) is 2. The molecule has 1 saturated heterocycles. The predicted molar refractivity (Wildman–Crippen MR) is 159 cm³/mol. The number of aliphatic hydroxyl groups excluding tert-OH is 1. The summed E-state index contributed by atoms with van der Waals surface area (Å²) in [6, 6.07) is 17.8. The van der Waals surface area contributed by atoms with E-state index in [0.29, 0.717) is 36.0 Å². The first-order valence-electron chi connectivity index (χ1n) is 13.9. The van der Waals surface area contributed by atoms with Crippen molar-refractivity contribution < 1.29 is 24.2 Å². The number of aliphatic hydroxyl groups is 1. The Morgan fingerprint density at radius 2 is 1.55 bits per heavy atom. The molecule has 0 bridgehead atoms. The second kappa shape index (κ2) is 12.3. The van der Waals surface area contributed by atoms with Crippen LogP contribution in [-0.4, -0.2) is 43.1 Å². The van der Waals surface area contributed by atoms with E-state index in [1.54, 1.807) is 18.2 Å². The van der Waals surface area contributed by atoms with Gasteiger partial charge in [-0.2, -0.15) is 0 Å². The SMILES string of the molecule is CCOc1ccc(/C(O)=C2/C(=O)C(=O)N(c3ccc(C)cc3C)C2c2ccc(N(CC)CC)cc2)c(OCC)c1. The second-order valence-corrected chi connectivity index (χ2v) is 9.75. The van der Waals surface area contributed by atoms with Crippen molar-refractivity contribution in [2.24, 2.45) is 0 Å². The van der Waals surface area contributed by atoms with Crippen LogP contribution in [0.15, 0.2) is 66.2 Å². The summed E-state index contributed by atoms with van der Waals surface area (Å²) in [6.45, 7) is 14.4. The van der Waals surface area contributed by atoms with Gasteiger partial charge >= 0.3 is 0 Å². The summed E-state index contributed by atoms with van der Waals surface area (Å²) in [5.74, 6) is -0.752. The van der Waals surface area contributed by atoms with Crippen LogP contribution in [0.5, 0.6) is 11.5 Å². The van der Waals surface area contributed by atoms with Crippen LogP contribution in [0.1, 0.15) is 56.0 Å². The fourth-order valence-corrected chi connectivity index (χ4v) is 5.30. The first-order valence-corrected chi connectivity index (χ1v) is 13.9. The zero-order valence-electron chi connectivity index (χ0n) is 24.2. The van der Waals surface area contributed by atoms with Gasteiger partial charge in [-0.1, -0.05) is 29.8 Å². The lowest BCUT2D eigenvalue weighted by atomic mass is 9.94. The van der Waals surface area contributed by atoms with Crippen molar-refractivity contribution in [1.29, 1.82) is 0 Å². The molecule has 1 heterocycles. The molecule has 3 aromatic rings. The van der Waals surface area contributed by atoms with Crippen molar-refractivity contribution in [2.75, 3.05) is 36.1 Å². The zero-order valence-corrected chi connectivity index (χ0v) is 24.2. The minimum atomic E-state index is -0.826. The van der Waals surface area contributed by atoms with Gasteiger partial charge in [0, 0.05) is 30.5 Å². The first-order chi connectivity index (χ1) is 19.2. The number of hydrogen-bond donors (Lipinski definition) is 1. The number of rotatable bonds is 10. The molecule has 1 N–H and O–H groups in total. The molecule has 0 radical (unpaired) electrons. The molecule has 1 aliphatic rings. The van der Waals surface area contributed by atoms with Crippen LogP contribution >= 0.6 is 0 Å². The summed E-state index contributed by atoms with van der Waals surface area (Å²) in [7, 11) is 0. The largest absolute Gasteiger partial charge is 0.507 e. The predicted octanol–water partition coefficient (Wildman–Crippen LogP) is 6.57. The Balaban J connectivity index is 1.94. The molecule has 3 aromatic carbocycles. The summed E-state index contributed by atoms with van der Waals surface area (Å²) in [6.07, 6.45) is 0. The van der Waals surface area contributed by atoms with Crippen molar-refractivity contribution in [3.05, 3.63) is 88.5 Å². The lowest BCUT2D eigenvalue weighted by Crippen LogP contribution is -2.30. The van der Waals surface area contributed by atoms with Gasteiger partial charge in [-0.25, -0.2) is 0 Å². The molecule has 0 aliphatic carbocycles. The fourth-order valence-electron chi connectivity index (χ4n) is 5.30. The quantitative estimate of drug-likeness (QED) is 0.177. The van der Waals surface area contributed by atoms with E-state index in [1.165, 1.54) is 4.90 Å². The number of aryl methyl sites for hydroxylation is 2. The lowest BCUT2D eigenvalue weighted by Gasteiger charge is -2.28. The fraction of sp³-hybridized carbons (Fsp3) is 0.333. The van der Waals surface area contributed by atoms with Crippen LogP contribution in [0.25, 0.3) is 5.76 Å². The van der Waals surface area contributed by atoms with E-state index in [2.05, 4.69) is 18.7 Å². The van der Waals surface area contributed by atoms with Gasteiger partial charge in [0.05, 0.1) is 30.4 Å². The van der Waals surface area contributed by atoms with Crippen LogP contribution in [0.4, 0.5) is 11.4 Å². The van der Waals surface area contributed by atoms with Crippen molar-refractivity contribution in [3.63, 3.8) is 0 Å². The van der Waals surface area contributed by atoms with Crippen molar-refractivity contribution >= 4 is 28.8 Å². The lowest BCUT2D eigenvalue weighted by molar-refractivity contribution is -0.132. The minimum Gasteiger partial charge on any atom is -0.507 e. The summed E-state index contributed by atoms with van der Waals surface area (Å²) >= 11 is 0. The van der Waals surface area contributed by atoms with Gasteiger partial charge in [0.25, 0.3) is 11.7 Å². The van der Waals surface area contributed by atoms with E-state index < -0.39 is 17.7 Å². The van der Waals surface area contributed by atoms with Gasteiger partial charge in [0.1, 0.15) is 17.3 Å². The topological polar surface area (TPSA) is 79.3 Å². The van der Waals surface area contributed by atoms with E-state index in [4.69, 9.17) is 9.47 Å². The summed E-state index contributed by atoms with van der Waals surface area (Å²) in [5, 5.41) is 11.7. The van der Waals surface area contributed by atoms with Crippen molar-refractivity contribution in [3.8, 4) is 11.5 Å². The molecule has 1 amide bonds. The van der Waals surface area contributed by atoms with E-state index in [9.17, 15) is 14.7 Å². The first kappa shape index (κ1) is 28.7. The highest BCUT2D eigenvalue weighted by Crippen LogP contribution is 2.45. The molecule has 4 rings (SSSR count). The number of Topliss-reactive ketones (excluding diaryl/α,β-unsaturated/α-hetero) is 1. The smallest absolute Gasteiger partial charge is 0.300 e. The molecule has 7 heteroatoms. The Bertz CT molecular complexity index is 1420. The van der Waals surface area contributed by atoms with E-state index in [1.807, 2.05) is 70.2 Å². The van der Waals surface area contributed by atoms with Crippen molar-refractivity contribution in [1.82, 2.24) is 0 Å². The number of amides is 1. The van der Waals surface area contributed by atoms with Crippen LogP contribution in [0.2, 0.25) is 0 Å². The molecule has 1 fully saturated rings. The number of ketones is 1. The normalized spacial score (nSPS) is 16.4. The van der Waals surface area contributed by atoms with Gasteiger partial charge in [0.2, 0.25) is 0 Å². The number of nitrogens with zero attached hydrogens (tertiary/aromatic N) is 2.